The molecule has 1 fully saturated rings. The molecule has 1 aromatic rings. The highest BCUT2D eigenvalue weighted by molar-refractivity contribution is 6.00. The largest absolute Gasteiger partial charge is 0.477 e. The summed E-state index contributed by atoms with van der Waals surface area (Å²) >= 11 is 0. The molecule has 1 amide bonds. The van der Waals surface area contributed by atoms with Gasteiger partial charge in [0.25, 0.3) is 5.91 Å². The molecule has 3 N–H and O–H groups in total. The topological polar surface area (TPSA) is 94.7 Å². The second-order valence-electron chi connectivity index (χ2n) is 4.47. The average molecular weight is 267 g/mol. The van der Waals surface area contributed by atoms with E-state index in [1.807, 2.05) is 0 Å². The number of hydrogen-bond donors (Lipinski definition) is 3. The first kappa shape index (κ1) is 13.6. The summed E-state index contributed by atoms with van der Waals surface area (Å²) in [4.78, 5) is 25.9. The number of carbonyl (C=O) groups is 2. The molecule has 7 heteroatoms. The maximum Gasteiger partial charge on any atom is 0.352 e. The minimum atomic E-state index is -1.06. The fourth-order valence-electron chi connectivity index (χ4n) is 2.18. The van der Waals surface area contributed by atoms with Crippen molar-refractivity contribution in [2.45, 2.75) is 13.8 Å². The Morgan fingerprint density at radius 3 is 2.47 bits per heavy atom. The van der Waals surface area contributed by atoms with E-state index in [1.165, 1.54) is 0 Å². The zero-order chi connectivity index (χ0) is 14.0. The average Bonchev–Trinajstić information content (AvgIpc) is 2.66. The number of hydrazine groups is 1. The summed E-state index contributed by atoms with van der Waals surface area (Å²) in [5, 5.41) is 10.8. The van der Waals surface area contributed by atoms with E-state index in [4.69, 9.17) is 9.84 Å². The molecule has 7 nitrogen and oxygen atoms in total. The lowest BCUT2D eigenvalue weighted by molar-refractivity contribution is 0.0126. The number of aromatic amines is 1. The predicted octanol–water partition coefficient (Wildman–Crippen LogP) is 0.307. The van der Waals surface area contributed by atoms with E-state index < -0.39 is 5.97 Å². The van der Waals surface area contributed by atoms with Crippen LogP contribution in [-0.2, 0) is 4.74 Å². The minimum absolute atomic E-state index is 0.0598. The third-order valence-electron chi connectivity index (χ3n) is 3.15. The number of rotatable bonds is 3. The molecular formula is C12H17N3O4. The molecule has 1 aliphatic rings. The van der Waals surface area contributed by atoms with Crippen LogP contribution >= 0.6 is 0 Å². The van der Waals surface area contributed by atoms with Gasteiger partial charge in [-0.2, -0.15) is 0 Å². The van der Waals surface area contributed by atoms with Crippen LogP contribution < -0.4 is 5.43 Å². The van der Waals surface area contributed by atoms with Crippen molar-refractivity contribution in [3.8, 4) is 0 Å². The number of ether oxygens (including phenoxy) is 1. The van der Waals surface area contributed by atoms with Crippen molar-refractivity contribution < 1.29 is 19.4 Å². The smallest absolute Gasteiger partial charge is 0.352 e. The summed E-state index contributed by atoms with van der Waals surface area (Å²) in [5.41, 5.74) is 4.23. The Morgan fingerprint density at radius 2 is 1.95 bits per heavy atom. The van der Waals surface area contributed by atoms with Gasteiger partial charge in [-0.3, -0.25) is 10.2 Å². The number of aromatic nitrogens is 1. The molecular weight excluding hydrogens is 250 g/mol. The molecule has 104 valence electrons. The number of hydrogen-bond acceptors (Lipinski definition) is 4. The number of nitrogens with one attached hydrogen (secondary N) is 2. The highest BCUT2D eigenvalue weighted by Crippen LogP contribution is 2.18. The summed E-state index contributed by atoms with van der Waals surface area (Å²) < 4.78 is 5.19. The number of morpholine rings is 1. The van der Waals surface area contributed by atoms with Gasteiger partial charge in [0.2, 0.25) is 0 Å². The van der Waals surface area contributed by atoms with Crippen molar-refractivity contribution in [1.29, 1.82) is 0 Å². The Bertz CT molecular complexity index is 503. The minimum Gasteiger partial charge on any atom is -0.477 e. The number of nitrogens with zero attached hydrogens (tertiary/aromatic N) is 1. The number of amides is 1. The molecule has 1 aromatic heterocycles. The van der Waals surface area contributed by atoms with E-state index in [-0.39, 0.29) is 11.6 Å². The van der Waals surface area contributed by atoms with Gasteiger partial charge in [-0.05, 0) is 19.4 Å². The summed E-state index contributed by atoms with van der Waals surface area (Å²) in [7, 11) is 0. The first-order chi connectivity index (χ1) is 9.00. The van der Waals surface area contributed by atoms with Crippen LogP contribution in [-0.4, -0.2) is 53.3 Å². The summed E-state index contributed by atoms with van der Waals surface area (Å²) in [6, 6.07) is 0. The van der Waals surface area contributed by atoms with E-state index in [9.17, 15) is 9.59 Å². The lowest BCUT2D eigenvalue weighted by atomic mass is 10.1. The standard InChI is InChI=1S/C12H17N3O4/c1-7-9(8(2)13-10(7)12(17)18)11(16)14-15-3-5-19-6-4-15/h13H,3-6H2,1-2H3,(H,14,16)(H,17,18). The second-order valence-corrected chi connectivity index (χ2v) is 4.47. The van der Waals surface area contributed by atoms with E-state index in [0.29, 0.717) is 43.1 Å². The number of aryl methyl sites for hydroxylation is 1. The van der Waals surface area contributed by atoms with E-state index in [2.05, 4.69) is 10.4 Å². The molecule has 1 aliphatic heterocycles. The van der Waals surface area contributed by atoms with Crippen molar-refractivity contribution in [3.63, 3.8) is 0 Å². The third kappa shape index (κ3) is 2.77. The Balaban J connectivity index is 2.16. The third-order valence-corrected chi connectivity index (χ3v) is 3.15. The SMILES string of the molecule is Cc1[nH]c(C(=O)O)c(C)c1C(=O)NN1CCOCC1. The molecule has 19 heavy (non-hydrogen) atoms. The van der Waals surface area contributed by atoms with Crippen LogP contribution in [0, 0.1) is 13.8 Å². The monoisotopic (exact) mass is 267 g/mol. The second kappa shape index (κ2) is 5.41. The molecule has 0 aliphatic carbocycles. The fraction of sp³-hybridized carbons (Fsp3) is 0.500. The van der Waals surface area contributed by atoms with Crippen LogP contribution in [0.1, 0.15) is 32.1 Å². The highest BCUT2D eigenvalue weighted by atomic mass is 16.5. The van der Waals surface area contributed by atoms with E-state index in [1.54, 1.807) is 18.9 Å². The molecule has 0 radical (unpaired) electrons. The van der Waals surface area contributed by atoms with Crippen molar-refractivity contribution in [2.75, 3.05) is 26.3 Å². The van der Waals surface area contributed by atoms with Crippen molar-refractivity contribution in [3.05, 3.63) is 22.5 Å². The normalized spacial score (nSPS) is 16.3. The first-order valence-corrected chi connectivity index (χ1v) is 6.07. The zero-order valence-corrected chi connectivity index (χ0v) is 10.9. The van der Waals surface area contributed by atoms with Crippen molar-refractivity contribution in [1.82, 2.24) is 15.4 Å². The van der Waals surface area contributed by atoms with Crippen LogP contribution in [0.3, 0.4) is 0 Å². The number of H-pyrrole nitrogens is 1. The lowest BCUT2D eigenvalue weighted by Crippen LogP contribution is -2.48. The Labute approximate surface area is 110 Å². The zero-order valence-electron chi connectivity index (χ0n) is 10.9. The van der Waals surface area contributed by atoms with Crippen LogP contribution in [0.4, 0.5) is 0 Å². The maximum absolute atomic E-state index is 12.2. The first-order valence-electron chi connectivity index (χ1n) is 6.07. The quantitative estimate of drug-likeness (QED) is 0.732. The summed E-state index contributed by atoms with van der Waals surface area (Å²) in [6.45, 7) is 5.71. The molecule has 2 heterocycles. The highest BCUT2D eigenvalue weighted by Gasteiger charge is 2.23. The summed E-state index contributed by atoms with van der Waals surface area (Å²) in [5.74, 6) is -1.35. The van der Waals surface area contributed by atoms with Crippen molar-refractivity contribution >= 4 is 11.9 Å². The van der Waals surface area contributed by atoms with Gasteiger partial charge in [-0.25, -0.2) is 9.80 Å². The Kier molecular flexibility index (Phi) is 3.87. The number of carbonyl (C=O) groups excluding carboxylic acids is 1. The molecule has 2 rings (SSSR count). The molecule has 0 unspecified atom stereocenters. The molecule has 0 aromatic carbocycles. The van der Waals surface area contributed by atoms with Gasteiger partial charge in [-0.15, -0.1) is 0 Å². The number of aromatic carboxylic acids is 1. The van der Waals surface area contributed by atoms with Gasteiger partial charge in [0, 0.05) is 18.8 Å². The number of carboxylic acid groups (broad SMARTS) is 1. The Morgan fingerprint density at radius 1 is 1.32 bits per heavy atom. The molecule has 1 saturated heterocycles. The van der Waals surface area contributed by atoms with Crippen molar-refractivity contribution in [2.24, 2.45) is 0 Å². The Hall–Kier alpha value is -1.86. The van der Waals surface area contributed by atoms with Crippen LogP contribution in [0.15, 0.2) is 0 Å². The number of carboxylic acids is 1. The predicted molar refractivity (Wildman–Crippen MR) is 67.1 cm³/mol. The maximum atomic E-state index is 12.2. The molecule has 0 saturated carbocycles. The van der Waals surface area contributed by atoms with E-state index in [0.717, 1.165) is 0 Å². The molecule has 0 spiro atoms. The van der Waals surface area contributed by atoms with Gasteiger partial charge >= 0.3 is 5.97 Å². The van der Waals surface area contributed by atoms with Crippen LogP contribution in [0.25, 0.3) is 0 Å². The molecule has 0 bridgehead atoms. The fourth-order valence-corrected chi connectivity index (χ4v) is 2.18. The van der Waals surface area contributed by atoms with Crippen LogP contribution in [0.2, 0.25) is 0 Å². The van der Waals surface area contributed by atoms with Gasteiger partial charge in [0.05, 0.1) is 18.8 Å². The van der Waals surface area contributed by atoms with Gasteiger partial charge in [-0.1, -0.05) is 0 Å². The van der Waals surface area contributed by atoms with E-state index >= 15 is 0 Å². The van der Waals surface area contributed by atoms with Gasteiger partial charge in [0.15, 0.2) is 0 Å². The lowest BCUT2D eigenvalue weighted by Gasteiger charge is -2.27. The van der Waals surface area contributed by atoms with Gasteiger partial charge in [0.1, 0.15) is 5.69 Å². The van der Waals surface area contributed by atoms with Gasteiger partial charge < -0.3 is 14.8 Å². The van der Waals surface area contributed by atoms with Crippen LogP contribution in [0.5, 0.6) is 0 Å². The summed E-state index contributed by atoms with van der Waals surface area (Å²) in [6.07, 6.45) is 0. The molecule has 0 atom stereocenters.